The van der Waals surface area contributed by atoms with Gasteiger partial charge in [-0.05, 0) is 44.9 Å². The molecule has 0 aliphatic heterocycles. The molecule has 9 nitrogen and oxygen atoms in total. The summed E-state index contributed by atoms with van der Waals surface area (Å²) in [4.78, 5) is 25.0. The number of primary amides is 1. The Morgan fingerprint density at radius 3 is 2.40 bits per heavy atom. The number of carbonyl (C=O) groups is 1. The van der Waals surface area contributed by atoms with E-state index in [0.717, 1.165) is 6.42 Å². The lowest BCUT2D eigenvalue weighted by atomic mass is 9.85. The highest BCUT2D eigenvalue weighted by molar-refractivity contribution is 5.78. The molecule has 1 amide bonds. The summed E-state index contributed by atoms with van der Waals surface area (Å²) in [5.74, 6) is -3.30. The third-order valence-electron chi connectivity index (χ3n) is 6.88. The fraction of sp³-hybridized carbons (Fsp3) is 0.478. The normalized spacial score (nSPS) is 24.6. The number of rotatable bonds is 6. The fourth-order valence-electron chi connectivity index (χ4n) is 5.06. The van der Waals surface area contributed by atoms with Gasteiger partial charge in [0.15, 0.2) is 17.3 Å². The van der Waals surface area contributed by atoms with Gasteiger partial charge >= 0.3 is 0 Å². The highest BCUT2D eigenvalue weighted by Crippen LogP contribution is 2.37. The number of aromatic nitrogens is 4. The van der Waals surface area contributed by atoms with Crippen LogP contribution in [0, 0.1) is 23.4 Å². The predicted molar refractivity (Wildman–Crippen MR) is 122 cm³/mol. The lowest BCUT2D eigenvalue weighted by Gasteiger charge is -2.29. The average Bonchev–Trinajstić information content (AvgIpc) is 3.38. The van der Waals surface area contributed by atoms with Gasteiger partial charge in [0, 0.05) is 30.1 Å². The Kier molecular flexibility index (Phi) is 6.22. The van der Waals surface area contributed by atoms with Crippen molar-refractivity contribution in [2.45, 2.75) is 63.1 Å². The first-order valence-electron chi connectivity index (χ1n) is 11.7. The zero-order chi connectivity index (χ0) is 24.7. The highest BCUT2D eigenvalue weighted by atomic mass is 19.1. The Hall–Kier alpha value is -3.41. The Bertz CT molecular complexity index is 1240. The van der Waals surface area contributed by atoms with Gasteiger partial charge in [-0.15, -0.1) is 0 Å². The maximum Gasteiger partial charge on any atom is 0.224 e. The van der Waals surface area contributed by atoms with Gasteiger partial charge in [-0.1, -0.05) is 0 Å². The predicted octanol–water partition coefficient (Wildman–Crippen LogP) is 3.53. The van der Waals surface area contributed by atoms with Gasteiger partial charge in [0.2, 0.25) is 17.8 Å². The van der Waals surface area contributed by atoms with Crippen molar-refractivity contribution in [2.75, 3.05) is 10.6 Å². The fourth-order valence-corrected chi connectivity index (χ4v) is 5.06. The second kappa shape index (κ2) is 9.33. The lowest BCUT2D eigenvalue weighted by molar-refractivity contribution is -0.122. The van der Waals surface area contributed by atoms with Gasteiger partial charge in [0.25, 0.3) is 0 Å². The molecule has 5 rings (SSSR count). The number of anilines is 3. The molecule has 0 spiro atoms. The molecule has 2 aliphatic rings. The molecule has 2 saturated carbocycles. The van der Waals surface area contributed by atoms with Crippen LogP contribution in [-0.4, -0.2) is 42.7 Å². The van der Waals surface area contributed by atoms with E-state index in [1.54, 1.807) is 4.57 Å². The van der Waals surface area contributed by atoms with E-state index in [1.165, 1.54) is 6.20 Å². The van der Waals surface area contributed by atoms with Gasteiger partial charge in [0.1, 0.15) is 17.0 Å². The minimum atomic E-state index is -1.09. The molecule has 2 heterocycles. The molecule has 12 heteroatoms. The first-order chi connectivity index (χ1) is 16.8. The van der Waals surface area contributed by atoms with Crippen molar-refractivity contribution in [3.8, 4) is 0 Å². The largest absolute Gasteiger partial charge is 0.393 e. The van der Waals surface area contributed by atoms with Crippen molar-refractivity contribution in [1.29, 1.82) is 0 Å². The monoisotopic (exact) mass is 489 g/mol. The van der Waals surface area contributed by atoms with Crippen LogP contribution in [0.2, 0.25) is 0 Å². The Balaban J connectivity index is 1.52. The van der Waals surface area contributed by atoms with Crippen molar-refractivity contribution < 1.29 is 23.1 Å². The number of aliphatic hydroxyl groups excluding tert-OH is 1. The van der Waals surface area contributed by atoms with Crippen LogP contribution in [0.3, 0.4) is 0 Å². The van der Waals surface area contributed by atoms with Crippen molar-refractivity contribution >= 4 is 34.7 Å². The maximum atomic E-state index is 14.4. The molecular weight excluding hydrogens is 463 g/mol. The van der Waals surface area contributed by atoms with Crippen LogP contribution >= 0.6 is 0 Å². The summed E-state index contributed by atoms with van der Waals surface area (Å²) < 4.78 is 44.0. The summed E-state index contributed by atoms with van der Waals surface area (Å²) in [7, 11) is 0. The number of nitrogens with one attached hydrogen (secondary N) is 2. The molecule has 0 saturated heterocycles. The van der Waals surface area contributed by atoms with Crippen LogP contribution in [0.5, 0.6) is 0 Å². The number of carbonyl (C=O) groups excluding carboxylic acids is 1. The quantitative estimate of drug-likeness (QED) is 0.417. The van der Waals surface area contributed by atoms with Gasteiger partial charge in [-0.25, -0.2) is 23.1 Å². The number of fused-ring (bicyclic) bond motifs is 1. The molecule has 2 fully saturated rings. The van der Waals surface area contributed by atoms with Crippen LogP contribution in [0.25, 0.3) is 11.2 Å². The Morgan fingerprint density at radius 2 is 1.77 bits per heavy atom. The first kappa shape index (κ1) is 23.3. The van der Waals surface area contributed by atoms with E-state index in [0.29, 0.717) is 67.8 Å². The standard InChI is InChI=1S/C23H26F3N7O2/c24-12-7-16(25)19(17(26)8-12)31-23-30-18-10-28-22(29-13-3-6-15(34)9-13)32-21(18)33(23)14-4-1-11(2-5-14)20(27)35/h7-8,10-11,13-15,34H,1-6,9H2,(H2,27,35)(H,30,31)(H,28,29,32)/t11-,13-,14+,15-/m0/s1. The van der Waals surface area contributed by atoms with E-state index in [-0.39, 0.29) is 36.0 Å². The summed E-state index contributed by atoms with van der Waals surface area (Å²) in [6.45, 7) is 0. The minimum absolute atomic E-state index is 0.0322. The highest BCUT2D eigenvalue weighted by Gasteiger charge is 2.30. The molecule has 0 radical (unpaired) electrons. The van der Waals surface area contributed by atoms with Gasteiger partial charge in [0.05, 0.1) is 12.3 Å². The number of hydrogen-bond donors (Lipinski definition) is 4. The number of nitrogens with two attached hydrogens (primary N) is 1. The van der Waals surface area contributed by atoms with Crippen LogP contribution < -0.4 is 16.4 Å². The number of nitrogens with zero attached hydrogens (tertiary/aromatic N) is 4. The van der Waals surface area contributed by atoms with E-state index in [4.69, 9.17) is 5.73 Å². The van der Waals surface area contributed by atoms with Gasteiger partial charge in [-0.3, -0.25) is 9.36 Å². The molecule has 0 unspecified atom stereocenters. The molecule has 2 aliphatic carbocycles. The number of aliphatic hydroxyl groups is 1. The van der Waals surface area contributed by atoms with Crippen molar-refractivity contribution in [3.63, 3.8) is 0 Å². The smallest absolute Gasteiger partial charge is 0.224 e. The first-order valence-corrected chi connectivity index (χ1v) is 11.7. The minimum Gasteiger partial charge on any atom is -0.393 e. The van der Waals surface area contributed by atoms with E-state index < -0.39 is 23.1 Å². The van der Waals surface area contributed by atoms with Crippen LogP contribution in [0.4, 0.5) is 30.8 Å². The summed E-state index contributed by atoms with van der Waals surface area (Å²) >= 11 is 0. The molecule has 2 atom stereocenters. The Labute approximate surface area is 199 Å². The summed E-state index contributed by atoms with van der Waals surface area (Å²) in [5.41, 5.74) is 5.81. The number of imidazole rings is 1. The molecule has 186 valence electrons. The molecule has 3 aromatic rings. The molecule has 0 bridgehead atoms. The number of hydrogen-bond acceptors (Lipinski definition) is 7. The maximum absolute atomic E-state index is 14.4. The molecule has 35 heavy (non-hydrogen) atoms. The number of benzene rings is 1. The topological polar surface area (TPSA) is 131 Å². The summed E-state index contributed by atoms with van der Waals surface area (Å²) in [5, 5.41) is 15.7. The van der Waals surface area contributed by atoms with Gasteiger partial charge < -0.3 is 21.5 Å². The molecular formula is C23H26F3N7O2. The third-order valence-corrected chi connectivity index (χ3v) is 6.88. The number of amides is 1. The second-order valence-electron chi connectivity index (χ2n) is 9.29. The van der Waals surface area contributed by atoms with E-state index >= 15 is 0 Å². The molecule has 1 aromatic carbocycles. The van der Waals surface area contributed by atoms with Crippen LogP contribution in [-0.2, 0) is 4.79 Å². The third kappa shape index (κ3) is 4.75. The molecule has 5 N–H and O–H groups in total. The van der Waals surface area contributed by atoms with Crippen LogP contribution in [0.15, 0.2) is 18.3 Å². The number of halogens is 3. The zero-order valence-electron chi connectivity index (χ0n) is 18.8. The zero-order valence-corrected chi connectivity index (χ0v) is 18.8. The van der Waals surface area contributed by atoms with Crippen molar-refractivity contribution in [3.05, 3.63) is 35.8 Å². The van der Waals surface area contributed by atoms with Gasteiger partial charge in [-0.2, -0.15) is 4.98 Å². The van der Waals surface area contributed by atoms with E-state index in [2.05, 4.69) is 25.6 Å². The van der Waals surface area contributed by atoms with Crippen LogP contribution in [0.1, 0.15) is 51.0 Å². The SMILES string of the molecule is NC(=O)[C@H]1CC[C@@H](n2c(Nc3c(F)cc(F)cc3F)nc3cnc(N[C@H]4CC[C@H](O)C4)nc32)CC1. The summed E-state index contributed by atoms with van der Waals surface area (Å²) in [6.07, 6.45) is 5.53. The van der Waals surface area contributed by atoms with E-state index in [9.17, 15) is 23.1 Å². The summed E-state index contributed by atoms with van der Waals surface area (Å²) in [6, 6.07) is 1.05. The molecule has 2 aromatic heterocycles. The second-order valence-corrected chi connectivity index (χ2v) is 9.29. The van der Waals surface area contributed by atoms with E-state index in [1.807, 2.05) is 0 Å². The average molecular weight is 490 g/mol. The van der Waals surface area contributed by atoms with Crippen molar-refractivity contribution in [2.24, 2.45) is 11.7 Å². The lowest BCUT2D eigenvalue weighted by Crippen LogP contribution is -2.29. The van der Waals surface area contributed by atoms with Crippen molar-refractivity contribution in [1.82, 2.24) is 19.5 Å². The Morgan fingerprint density at radius 1 is 1.06 bits per heavy atom.